The molecule has 0 unspecified atom stereocenters. The summed E-state index contributed by atoms with van der Waals surface area (Å²) in [4.78, 5) is 15.5. The van der Waals surface area contributed by atoms with E-state index in [1.807, 2.05) is 0 Å². The normalized spacial score (nSPS) is 10.3. The van der Waals surface area contributed by atoms with E-state index < -0.39 is 0 Å². The fourth-order valence-electron chi connectivity index (χ4n) is 0.659. The lowest BCUT2D eigenvalue weighted by atomic mass is 10.4. The number of rotatable bonds is 3. The smallest absolute Gasteiger partial charge is 0.330 e. The lowest BCUT2D eigenvalue weighted by Gasteiger charge is -1.87. The summed E-state index contributed by atoms with van der Waals surface area (Å²) < 4.78 is 9.32. The summed E-state index contributed by atoms with van der Waals surface area (Å²) in [6, 6.07) is 0. The number of carbonyl (C=O) groups excluding carboxylic acids is 1. The summed E-state index contributed by atoms with van der Waals surface area (Å²) in [7, 11) is 2.88. The predicted molar refractivity (Wildman–Crippen MR) is 49.7 cm³/mol. The molecule has 0 atom stereocenters. The van der Waals surface area contributed by atoms with Crippen LogP contribution in [0.15, 0.2) is 12.3 Å². The van der Waals surface area contributed by atoms with Crippen molar-refractivity contribution in [1.29, 1.82) is 0 Å². The minimum absolute atomic E-state index is 0.382. The van der Waals surface area contributed by atoms with Gasteiger partial charge in [-0.25, -0.2) is 9.78 Å². The zero-order chi connectivity index (χ0) is 9.68. The van der Waals surface area contributed by atoms with Gasteiger partial charge in [0, 0.05) is 12.3 Å². The number of esters is 1. The summed E-state index contributed by atoms with van der Waals surface area (Å²) in [5.41, 5.74) is 0. The lowest BCUT2D eigenvalue weighted by Crippen LogP contribution is -1.92. The Labute approximate surface area is 79.8 Å². The monoisotopic (exact) mass is 199 g/mol. The van der Waals surface area contributed by atoms with Crippen molar-refractivity contribution in [3.8, 4) is 5.19 Å². The SMILES string of the molecule is COC(=O)/C=C/c1cnc(OC)s1. The van der Waals surface area contributed by atoms with Crippen LogP contribution in [0.25, 0.3) is 6.08 Å². The van der Waals surface area contributed by atoms with Gasteiger partial charge in [-0.3, -0.25) is 0 Å². The number of thiazole rings is 1. The molecule has 70 valence electrons. The highest BCUT2D eigenvalue weighted by molar-refractivity contribution is 7.14. The van der Waals surface area contributed by atoms with Gasteiger partial charge in [0.05, 0.1) is 19.1 Å². The van der Waals surface area contributed by atoms with Crippen LogP contribution in [0.1, 0.15) is 4.88 Å². The Morgan fingerprint density at radius 1 is 1.62 bits per heavy atom. The molecule has 0 saturated carbocycles. The fourth-order valence-corrected chi connectivity index (χ4v) is 1.29. The van der Waals surface area contributed by atoms with Gasteiger partial charge in [-0.1, -0.05) is 11.3 Å². The van der Waals surface area contributed by atoms with Crippen molar-refractivity contribution >= 4 is 23.4 Å². The molecule has 0 N–H and O–H groups in total. The molecule has 1 aromatic heterocycles. The predicted octanol–water partition coefficient (Wildman–Crippen LogP) is 1.34. The van der Waals surface area contributed by atoms with Gasteiger partial charge in [0.15, 0.2) is 0 Å². The van der Waals surface area contributed by atoms with E-state index in [1.165, 1.54) is 24.5 Å². The van der Waals surface area contributed by atoms with Crippen LogP contribution in [0.5, 0.6) is 5.19 Å². The largest absolute Gasteiger partial charge is 0.473 e. The number of hydrogen-bond donors (Lipinski definition) is 0. The van der Waals surface area contributed by atoms with Crippen molar-refractivity contribution in [2.45, 2.75) is 0 Å². The highest BCUT2D eigenvalue weighted by Gasteiger charge is 1.98. The molecular weight excluding hydrogens is 190 g/mol. The van der Waals surface area contributed by atoms with Crippen LogP contribution in [0.3, 0.4) is 0 Å². The molecule has 0 fully saturated rings. The van der Waals surface area contributed by atoms with E-state index in [9.17, 15) is 4.79 Å². The van der Waals surface area contributed by atoms with Gasteiger partial charge < -0.3 is 9.47 Å². The molecule has 1 heterocycles. The Kier molecular flexibility index (Phi) is 3.45. The quantitative estimate of drug-likeness (QED) is 0.544. The Balaban J connectivity index is 2.63. The average molecular weight is 199 g/mol. The van der Waals surface area contributed by atoms with Crippen molar-refractivity contribution in [3.63, 3.8) is 0 Å². The first-order chi connectivity index (χ1) is 6.26. The summed E-state index contributed by atoms with van der Waals surface area (Å²) in [6.45, 7) is 0. The molecule has 1 aromatic rings. The molecule has 0 aliphatic rings. The third-order valence-corrected chi connectivity index (χ3v) is 2.19. The first-order valence-electron chi connectivity index (χ1n) is 3.52. The first-order valence-corrected chi connectivity index (χ1v) is 4.33. The highest BCUT2D eigenvalue weighted by atomic mass is 32.1. The van der Waals surface area contributed by atoms with Gasteiger partial charge in [-0.05, 0) is 6.08 Å². The number of aromatic nitrogens is 1. The Bertz CT molecular complexity index is 319. The van der Waals surface area contributed by atoms with E-state index in [0.29, 0.717) is 5.19 Å². The molecule has 0 radical (unpaired) electrons. The van der Waals surface area contributed by atoms with E-state index in [4.69, 9.17) is 4.74 Å². The molecule has 0 spiro atoms. The Morgan fingerprint density at radius 3 is 2.92 bits per heavy atom. The van der Waals surface area contributed by atoms with Crippen LogP contribution >= 0.6 is 11.3 Å². The molecule has 0 amide bonds. The molecule has 1 rings (SSSR count). The van der Waals surface area contributed by atoms with Gasteiger partial charge in [0.25, 0.3) is 5.19 Å². The molecule has 13 heavy (non-hydrogen) atoms. The van der Waals surface area contributed by atoms with E-state index in [0.717, 1.165) is 4.88 Å². The van der Waals surface area contributed by atoms with Crippen LogP contribution in [-0.4, -0.2) is 25.2 Å². The average Bonchev–Trinajstić information content (AvgIpc) is 2.61. The topological polar surface area (TPSA) is 48.4 Å². The van der Waals surface area contributed by atoms with E-state index >= 15 is 0 Å². The standard InChI is InChI=1S/C8H9NO3S/c1-11-7(10)4-3-6-5-9-8(12-2)13-6/h3-5H,1-2H3/b4-3+. The Hall–Kier alpha value is -1.36. The highest BCUT2D eigenvalue weighted by Crippen LogP contribution is 2.20. The van der Waals surface area contributed by atoms with Gasteiger partial charge in [0.2, 0.25) is 0 Å². The summed E-state index contributed by atoms with van der Waals surface area (Å²) in [6.07, 6.45) is 4.60. The van der Waals surface area contributed by atoms with Gasteiger partial charge >= 0.3 is 5.97 Å². The maximum Gasteiger partial charge on any atom is 0.330 e. The van der Waals surface area contributed by atoms with Crippen LogP contribution in [0.4, 0.5) is 0 Å². The van der Waals surface area contributed by atoms with Crippen molar-refractivity contribution in [3.05, 3.63) is 17.2 Å². The van der Waals surface area contributed by atoms with E-state index in [2.05, 4.69) is 9.72 Å². The molecule has 0 aliphatic heterocycles. The van der Waals surface area contributed by atoms with Gasteiger partial charge in [-0.15, -0.1) is 0 Å². The second-order valence-electron chi connectivity index (χ2n) is 2.09. The third-order valence-electron chi connectivity index (χ3n) is 1.26. The zero-order valence-electron chi connectivity index (χ0n) is 7.31. The van der Waals surface area contributed by atoms with E-state index in [1.54, 1.807) is 19.4 Å². The van der Waals surface area contributed by atoms with Crippen LogP contribution in [0, 0.1) is 0 Å². The second kappa shape index (κ2) is 4.61. The summed E-state index contributed by atoms with van der Waals surface area (Å²) in [5, 5.41) is 0.574. The second-order valence-corrected chi connectivity index (χ2v) is 3.11. The number of nitrogens with zero attached hydrogens (tertiary/aromatic N) is 1. The number of carbonyl (C=O) groups is 1. The van der Waals surface area contributed by atoms with Crippen molar-refractivity contribution in [2.75, 3.05) is 14.2 Å². The fraction of sp³-hybridized carbons (Fsp3) is 0.250. The number of hydrogen-bond acceptors (Lipinski definition) is 5. The van der Waals surface area contributed by atoms with Crippen LogP contribution < -0.4 is 4.74 Å². The van der Waals surface area contributed by atoms with E-state index in [-0.39, 0.29) is 5.97 Å². The van der Waals surface area contributed by atoms with Gasteiger partial charge in [0.1, 0.15) is 0 Å². The van der Waals surface area contributed by atoms with Crippen molar-refractivity contribution in [1.82, 2.24) is 4.98 Å². The number of methoxy groups -OCH3 is 2. The molecular formula is C8H9NO3S. The minimum atomic E-state index is -0.382. The van der Waals surface area contributed by atoms with Crippen molar-refractivity contribution < 1.29 is 14.3 Å². The molecule has 0 aliphatic carbocycles. The zero-order valence-corrected chi connectivity index (χ0v) is 8.13. The maximum atomic E-state index is 10.7. The van der Waals surface area contributed by atoms with Gasteiger partial charge in [-0.2, -0.15) is 0 Å². The lowest BCUT2D eigenvalue weighted by molar-refractivity contribution is -0.134. The van der Waals surface area contributed by atoms with Crippen molar-refractivity contribution in [2.24, 2.45) is 0 Å². The molecule has 0 aromatic carbocycles. The Morgan fingerprint density at radius 2 is 2.38 bits per heavy atom. The first kappa shape index (κ1) is 9.73. The summed E-state index contributed by atoms with van der Waals surface area (Å²) in [5.74, 6) is -0.382. The minimum Gasteiger partial charge on any atom is -0.473 e. The number of ether oxygens (including phenoxy) is 2. The van der Waals surface area contributed by atoms with Crippen LogP contribution in [-0.2, 0) is 9.53 Å². The molecule has 0 saturated heterocycles. The molecule has 5 heteroatoms. The molecule has 4 nitrogen and oxygen atoms in total. The summed E-state index contributed by atoms with van der Waals surface area (Å²) >= 11 is 1.36. The van der Waals surface area contributed by atoms with Crippen LogP contribution in [0.2, 0.25) is 0 Å². The third kappa shape index (κ3) is 2.87. The maximum absolute atomic E-state index is 10.7. The molecule has 0 bridgehead atoms.